The number of halogens is 2. The van der Waals surface area contributed by atoms with Crippen molar-refractivity contribution in [2.75, 3.05) is 44.6 Å². The Morgan fingerprint density at radius 2 is 1.35 bits per heavy atom. The smallest absolute Gasteiger partial charge is 0.322 e. The standard InChI is InChI=1S/C17H20F2N4O3/c18-12-3-4-14(13(19)11-12)20-17(26)23-9-7-22(8-10-23)16(25)15(24)21-5-1-2-6-21/h3-4,11H,1-2,5-10H2,(H,20,26). The number of urea groups is 1. The van der Waals surface area contributed by atoms with E-state index in [0.29, 0.717) is 19.2 Å². The van der Waals surface area contributed by atoms with Gasteiger partial charge in [-0.05, 0) is 25.0 Å². The van der Waals surface area contributed by atoms with E-state index in [1.807, 2.05) is 0 Å². The van der Waals surface area contributed by atoms with Gasteiger partial charge in [0.2, 0.25) is 0 Å². The van der Waals surface area contributed by atoms with Gasteiger partial charge >= 0.3 is 17.8 Å². The second-order valence-electron chi connectivity index (χ2n) is 6.33. The van der Waals surface area contributed by atoms with Crippen LogP contribution in [-0.2, 0) is 9.59 Å². The van der Waals surface area contributed by atoms with Crippen LogP contribution in [0.15, 0.2) is 18.2 Å². The minimum absolute atomic E-state index is 0.112. The van der Waals surface area contributed by atoms with Gasteiger partial charge in [0.25, 0.3) is 0 Å². The van der Waals surface area contributed by atoms with Crippen LogP contribution >= 0.6 is 0 Å². The van der Waals surface area contributed by atoms with Crippen LogP contribution in [0.5, 0.6) is 0 Å². The maximum atomic E-state index is 13.6. The van der Waals surface area contributed by atoms with Gasteiger partial charge < -0.3 is 20.0 Å². The number of anilines is 1. The van der Waals surface area contributed by atoms with Crippen molar-refractivity contribution in [3.63, 3.8) is 0 Å². The van der Waals surface area contributed by atoms with E-state index in [-0.39, 0.29) is 31.9 Å². The summed E-state index contributed by atoms with van der Waals surface area (Å²) in [7, 11) is 0. The molecule has 26 heavy (non-hydrogen) atoms. The first-order valence-corrected chi connectivity index (χ1v) is 8.55. The fraction of sp³-hybridized carbons (Fsp3) is 0.471. The van der Waals surface area contributed by atoms with Crippen LogP contribution in [0.4, 0.5) is 19.3 Å². The van der Waals surface area contributed by atoms with Gasteiger partial charge in [0.15, 0.2) is 0 Å². The van der Waals surface area contributed by atoms with E-state index in [1.165, 1.54) is 9.80 Å². The van der Waals surface area contributed by atoms with Gasteiger partial charge in [-0.25, -0.2) is 13.6 Å². The molecule has 0 radical (unpaired) electrons. The Morgan fingerprint density at radius 1 is 0.808 bits per heavy atom. The normalized spacial score (nSPS) is 17.4. The van der Waals surface area contributed by atoms with Crippen molar-refractivity contribution in [1.82, 2.24) is 14.7 Å². The molecule has 0 aliphatic carbocycles. The van der Waals surface area contributed by atoms with E-state index in [2.05, 4.69) is 5.32 Å². The van der Waals surface area contributed by atoms with Gasteiger partial charge in [-0.1, -0.05) is 0 Å². The van der Waals surface area contributed by atoms with Crippen LogP contribution in [0.25, 0.3) is 0 Å². The third-order valence-corrected chi connectivity index (χ3v) is 4.60. The number of hydrogen-bond acceptors (Lipinski definition) is 3. The van der Waals surface area contributed by atoms with E-state index >= 15 is 0 Å². The first kappa shape index (κ1) is 18.1. The molecule has 0 saturated carbocycles. The Bertz CT molecular complexity index is 714. The zero-order valence-corrected chi connectivity index (χ0v) is 14.2. The second kappa shape index (κ2) is 7.67. The number of piperazine rings is 1. The van der Waals surface area contributed by atoms with Crippen molar-refractivity contribution in [3.05, 3.63) is 29.8 Å². The maximum absolute atomic E-state index is 13.6. The molecule has 4 amide bonds. The van der Waals surface area contributed by atoms with E-state index in [0.717, 1.165) is 25.0 Å². The Labute approximate surface area is 149 Å². The maximum Gasteiger partial charge on any atom is 0.322 e. The number of carbonyl (C=O) groups is 3. The average molecular weight is 366 g/mol. The van der Waals surface area contributed by atoms with Gasteiger partial charge in [0.1, 0.15) is 11.6 Å². The molecule has 2 fully saturated rings. The highest BCUT2D eigenvalue weighted by Crippen LogP contribution is 2.16. The summed E-state index contributed by atoms with van der Waals surface area (Å²) in [5, 5.41) is 2.39. The highest BCUT2D eigenvalue weighted by atomic mass is 19.1. The summed E-state index contributed by atoms with van der Waals surface area (Å²) in [4.78, 5) is 41.0. The Kier molecular flexibility index (Phi) is 5.34. The number of carbonyl (C=O) groups excluding carboxylic acids is 3. The molecule has 0 atom stereocenters. The van der Waals surface area contributed by atoms with E-state index in [4.69, 9.17) is 0 Å². The lowest BCUT2D eigenvalue weighted by Crippen LogP contribution is -2.54. The van der Waals surface area contributed by atoms with E-state index < -0.39 is 29.5 Å². The third-order valence-electron chi connectivity index (χ3n) is 4.60. The van der Waals surface area contributed by atoms with Crippen LogP contribution < -0.4 is 5.32 Å². The first-order chi connectivity index (χ1) is 12.5. The van der Waals surface area contributed by atoms with Crippen molar-refractivity contribution in [2.45, 2.75) is 12.8 Å². The largest absolute Gasteiger partial charge is 0.334 e. The average Bonchev–Trinajstić information content (AvgIpc) is 3.17. The van der Waals surface area contributed by atoms with Crippen molar-refractivity contribution in [1.29, 1.82) is 0 Å². The van der Waals surface area contributed by atoms with Crippen molar-refractivity contribution in [3.8, 4) is 0 Å². The number of amides is 4. The highest BCUT2D eigenvalue weighted by molar-refractivity contribution is 6.35. The van der Waals surface area contributed by atoms with Gasteiger partial charge in [-0.15, -0.1) is 0 Å². The monoisotopic (exact) mass is 366 g/mol. The third kappa shape index (κ3) is 3.92. The van der Waals surface area contributed by atoms with Crippen LogP contribution in [0, 0.1) is 11.6 Å². The summed E-state index contributed by atoms with van der Waals surface area (Å²) < 4.78 is 26.5. The molecule has 0 unspecified atom stereocenters. The van der Waals surface area contributed by atoms with Gasteiger partial charge in [0, 0.05) is 45.3 Å². The molecule has 140 valence electrons. The van der Waals surface area contributed by atoms with Crippen molar-refractivity contribution >= 4 is 23.5 Å². The van der Waals surface area contributed by atoms with Crippen LogP contribution in [-0.4, -0.2) is 71.8 Å². The topological polar surface area (TPSA) is 73.0 Å². The summed E-state index contributed by atoms with van der Waals surface area (Å²) in [5.74, 6) is -2.62. The summed E-state index contributed by atoms with van der Waals surface area (Å²) in [6, 6.07) is 2.36. The lowest BCUT2D eigenvalue weighted by Gasteiger charge is -2.34. The fourth-order valence-corrected chi connectivity index (χ4v) is 3.09. The van der Waals surface area contributed by atoms with E-state index in [9.17, 15) is 23.2 Å². The lowest BCUT2D eigenvalue weighted by molar-refractivity contribution is -0.152. The molecule has 0 bridgehead atoms. The molecular weight excluding hydrogens is 346 g/mol. The molecule has 1 N–H and O–H groups in total. The number of benzene rings is 1. The second-order valence-corrected chi connectivity index (χ2v) is 6.33. The van der Waals surface area contributed by atoms with Crippen molar-refractivity contribution in [2.24, 2.45) is 0 Å². The first-order valence-electron chi connectivity index (χ1n) is 8.55. The molecule has 2 aliphatic rings. The minimum Gasteiger partial charge on any atom is -0.334 e. The highest BCUT2D eigenvalue weighted by Gasteiger charge is 2.31. The van der Waals surface area contributed by atoms with Gasteiger partial charge in [-0.2, -0.15) is 0 Å². The number of hydrogen-bond donors (Lipinski definition) is 1. The molecule has 3 rings (SSSR count). The van der Waals surface area contributed by atoms with E-state index in [1.54, 1.807) is 4.90 Å². The van der Waals surface area contributed by atoms with Gasteiger partial charge in [-0.3, -0.25) is 9.59 Å². The summed E-state index contributed by atoms with van der Waals surface area (Å²) in [5.41, 5.74) is -0.112. The molecule has 9 heteroatoms. The lowest BCUT2D eigenvalue weighted by atomic mass is 10.3. The molecule has 1 aromatic carbocycles. The molecule has 0 spiro atoms. The Hall–Kier alpha value is -2.71. The zero-order chi connectivity index (χ0) is 18.7. The molecule has 2 heterocycles. The Balaban J connectivity index is 1.52. The Morgan fingerprint density at radius 3 is 1.92 bits per heavy atom. The molecule has 1 aromatic rings. The molecule has 0 aromatic heterocycles. The quantitative estimate of drug-likeness (QED) is 0.761. The molecule has 2 saturated heterocycles. The van der Waals surface area contributed by atoms with Crippen molar-refractivity contribution < 1.29 is 23.2 Å². The summed E-state index contributed by atoms with van der Waals surface area (Å²) in [6.45, 7) is 2.14. The molecule has 7 nitrogen and oxygen atoms in total. The predicted molar refractivity (Wildman–Crippen MR) is 89.3 cm³/mol. The molecule has 2 aliphatic heterocycles. The summed E-state index contributed by atoms with van der Waals surface area (Å²) in [6.07, 6.45) is 1.82. The minimum atomic E-state index is -0.858. The predicted octanol–water partition coefficient (Wildman–Crippen LogP) is 1.26. The fourth-order valence-electron chi connectivity index (χ4n) is 3.09. The number of rotatable bonds is 1. The number of nitrogens with one attached hydrogen (secondary N) is 1. The van der Waals surface area contributed by atoms with Gasteiger partial charge in [0.05, 0.1) is 5.69 Å². The summed E-state index contributed by atoms with van der Waals surface area (Å²) >= 11 is 0. The SMILES string of the molecule is O=C(Nc1ccc(F)cc1F)N1CCN(C(=O)C(=O)N2CCCC2)CC1. The number of likely N-dealkylation sites (tertiary alicyclic amines) is 1. The zero-order valence-electron chi connectivity index (χ0n) is 14.2. The number of nitrogens with zero attached hydrogens (tertiary/aromatic N) is 3. The molecular formula is C17H20F2N4O3. The van der Waals surface area contributed by atoms with Crippen LogP contribution in [0.3, 0.4) is 0 Å². The van der Waals surface area contributed by atoms with Crippen LogP contribution in [0.1, 0.15) is 12.8 Å². The van der Waals surface area contributed by atoms with Crippen LogP contribution in [0.2, 0.25) is 0 Å².